The minimum atomic E-state index is -1.20. The molecule has 194 valence electrons. The van der Waals surface area contributed by atoms with Crippen LogP contribution in [0.4, 0.5) is 0 Å². The number of carbonyl (C=O) groups excluding carboxylic acids is 3. The van der Waals surface area contributed by atoms with Crippen LogP contribution in [0, 0.1) is 11.8 Å². The molecular weight excluding hydrogens is 458 g/mol. The summed E-state index contributed by atoms with van der Waals surface area (Å²) in [6, 6.07) is 0. The standard InChI is InChI=1S/2C8H16O2.C7H15NO3.Ca.H2O/c2*1-3-5-7(6-4-2)8(9)10;1-8(2,3)5-6(9)4-7(10)11;;/h2*7H,3-6H2,1-2H3,(H,9,10);6,9H,4-5H2,1-3H3;;1H2/q;;;+2;/p-2. The van der Waals surface area contributed by atoms with Gasteiger partial charge in [0.2, 0.25) is 0 Å². The Balaban J connectivity index is -0.000000115. The van der Waals surface area contributed by atoms with Gasteiger partial charge in [0.15, 0.2) is 0 Å². The van der Waals surface area contributed by atoms with E-state index in [4.69, 9.17) is 5.11 Å². The van der Waals surface area contributed by atoms with Crippen molar-refractivity contribution in [2.75, 3.05) is 27.7 Å². The van der Waals surface area contributed by atoms with Crippen molar-refractivity contribution in [2.24, 2.45) is 11.8 Å². The fourth-order valence-corrected chi connectivity index (χ4v) is 3.04. The number of nitrogens with zero attached hydrogens (tertiary/aromatic N) is 1. The van der Waals surface area contributed by atoms with Crippen LogP contribution in [0.25, 0.3) is 0 Å². The Kier molecular flexibility index (Phi) is 33.8. The van der Waals surface area contributed by atoms with Crippen LogP contribution < -0.4 is 15.3 Å². The second-order valence-corrected chi connectivity index (χ2v) is 8.89. The van der Waals surface area contributed by atoms with Gasteiger partial charge in [-0.3, -0.25) is 0 Å². The topological polar surface area (TPSA) is 172 Å². The first-order valence-corrected chi connectivity index (χ1v) is 11.3. The summed E-state index contributed by atoms with van der Waals surface area (Å²) in [5.74, 6) is -3.40. The number of aliphatic carboxylic acids is 3. The first-order chi connectivity index (χ1) is 14.2. The van der Waals surface area contributed by atoms with Gasteiger partial charge in [-0.1, -0.05) is 53.4 Å². The zero-order valence-electron chi connectivity index (χ0n) is 21.9. The Hall–Kier alpha value is -0.450. The van der Waals surface area contributed by atoms with Crippen molar-refractivity contribution >= 4 is 55.6 Å². The van der Waals surface area contributed by atoms with Crippen molar-refractivity contribution in [3.05, 3.63) is 0 Å². The van der Waals surface area contributed by atoms with Crippen LogP contribution in [0.15, 0.2) is 0 Å². The van der Waals surface area contributed by atoms with E-state index in [1.54, 1.807) is 0 Å². The zero-order chi connectivity index (χ0) is 25.0. The number of carboxylic acids is 3. The first-order valence-electron chi connectivity index (χ1n) is 11.3. The third-order valence-electron chi connectivity index (χ3n) is 4.38. The molecule has 10 heteroatoms. The third kappa shape index (κ3) is 33.8. The summed E-state index contributed by atoms with van der Waals surface area (Å²) in [5.41, 5.74) is 0. The van der Waals surface area contributed by atoms with Gasteiger partial charge in [-0.15, -0.1) is 0 Å². The largest absolute Gasteiger partial charge is 2.00 e. The molecule has 9 nitrogen and oxygen atoms in total. The summed E-state index contributed by atoms with van der Waals surface area (Å²) < 4.78 is 0.550. The van der Waals surface area contributed by atoms with Crippen molar-refractivity contribution in [1.82, 2.24) is 0 Å². The molecule has 0 heterocycles. The van der Waals surface area contributed by atoms with E-state index >= 15 is 0 Å². The third-order valence-corrected chi connectivity index (χ3v) is 4.38. The Morgan fingerprint density at radius 1 is 0.727 bits per heavy atom. The molecule has 0 aromatic rings. The van der Waals surface area contributed by atoms with Gasteiger partial charge in [-0.05, 0) is 37.5 Å². The Bertz CT molecular complexity index is 446. The number of likely N-dealkylation sites (N-methyl/N-ethyl adjacent to an activating group) is 1. The molecule has 0 bridgehead atoms. The minimum Gasteiger partial charge on any atom is -0.550 e. The molecule has 0 aromatic carbocycles. The van der Waals surface area contributed by atoms with Crippen LogP contribution in [0.5, 0.6) is 0 Å². The van der Waals surface area contributed by atoms with Crippen molar-refractivity contribution in [1.29, 1.82) is 0 Å². The Morgan fingerprint density at radius 3 is 1.15 bits per heavy atom. The molecule has 0 aliphatic carbocycles. The van der Waals surface area contributed by atoms with Gasteiger partial charge < -0.3 is 44.8 Å². The van der Waals surface area contributed by atoms with Crippen molar-refractivity contribution < 1.29 is 44.8 Å². The van der Waals surface area contributed by atoms with Crippen LogP contribution in [0.2, 0.25) is 0 Å². The zero-order valence-corrected chi connectivity index (χ0v) is 24.1. The molecule has 33 heavy (non-hydrogen) atoms. The molecule has 0 saturated heterocycles. The van der Waals surface area contributed by atoms with Gasteiger partial charge in [-0.25, -0.2) is 0 Å². The smallest absolute Gasteiger partial charge is 0.550 e. The summed E-state index contributed by atoms with van der Waals surface area (Å²) >= 11 is 0. The monoisotopic (exact) mass is 505 g/mol. The van der Waals surface area contributed by atoms with E-state index in [1.165, 1.54) is 0 Å². The van der Waals surface area contributed by atoms with E-state index in [-0.39, 0.29) is 61.5 Å². The molecule has 0 amide bonds. The van der Waals surface area contributed by atoms with Crippen LogP contribution in [-0.4, -0.2) is 105 Å². The van der Waals surface area contributed by atoms with Gasteiger partial charge >= 0.3 is 37.7 Å². The number of carboxylic acid groups (broad SMARTS) is 3. The maximum absolute atomic E-state index is 10.4. The quantitative estimate of drug-likeness (QED) is 0.230. The van der Waals surface area contributed by atoms with Gasteiger partial charge in [0.05, 0.1) is 21.1 Å². The van der Waals surface area contributed by atoms with Crippen molar-refractivity contribution in [2.45, 2.75) is 91.6 Å². The van der Waals surface area contributed by atoms with Crippen molar-refractivity contribution in [3.8, 4) is 0 Å². The van der Waals surface area contributed by atoms with Crippen LogP contribution in [-0.2, 0) is 14.4 Å². The fourth-order valence-electron chi connectivity index (χ4n) is 3.04. The van der Waals surface area contributed by atoms with E-state index in [9.17, 15) is 29.7 Å². The van der Waals surface area contributed by atoms with E-state index in [0.29, 0.717) is 11.0 Å². The first kappa shape index (κ1) is 42.7. The number of quaternary nitrogens is 1. The van der Waals surface area contributed by atoms with E-state index < -0.39 is 24.0 Å². The Labute approximate surface area is 230 Å². The molecule has 0 spiro atoms. The summed E-state index contributed by atoms with van der Waals surface area (Å²) in [6.45, 7) is 8.39. The van der Waals surface area contributed by atoms with Crippen LogP contribution in [0.3, 0.4) is 0 Å². The molecule has 0 saturated carbocycles. The number of aliphatic hydroxyl groups is 1. The normalized spacial score (nSPS) is 11.1. The SMILES string of the molecule is CCCC(CCC)C(=O)[O-].CCCC(CCC)C(=O)[O-].C[N+](C)(C)CC(O)CC(=O)[O-].O.[Ca+2]. The second kappa shape index (κ2) is 26.2. The fraction of sp³-hybridized carbons (Fsp3) is 0.870. The molecule has 0 radical (unpaired) electrons. The molecule has 3 N–H and O–H groups in total. The molecule has 0 aromatic heterocycles. The second-order valence-electron chi connectivity index (χ2n) is 8.89. The van der Waals surface area contributed by atoms with Crippen LogP contribution in [0.1, 0.15) is 85.5 Å². The molecular formula is C23H47CaNO8. The van der Waals surface area contributed by atoms with E-state index in [0.717, 1.165) is 51.4 Å². The van der Waals surface area contributed by atoms with Gasteiger partial charge in [0.25, 0.3) is 0 Å². The molecule has 1 unspecified atom stereocenters. The number of aliphatic hydroxyl groups excluding tert-OH is 1. The van der Waals surface area contributed by atoms with Gasteiger partial charge in [-0.2, -0.15) is 0 Å². The van der Waals surface area contributed by atoms with E-state index in [1.807, 2.05) is 48.8 Å². The number of rotatable bonds is 14. The molecule has 0 aliphatic heterocycles. The average molecular weight is 506 g/mol. The molecule has 0 aliphatic rings. The van der Waals surface area contributed by atoms with Gasteiger partial charge in [0.1, 0.15) is 12.6 Å². The summed E-state index contributed by atoms with van der Waals surface area (Å²) in [6.07, 6.45) is 5.67. The summed E-state index contributed by atoms with van der Waals surface area (Å²) in [5, 5.41) is 39.9. The predicted molar refractivity (Wildman–Crippen MR) is 125 cm³/mol. The Morgan fingerprint density at radius 2 is 1.00 bits per heavy atom. The van der Waals surface area contributed by atoms with E-state index in [2.05, 4.69) is 0 Å². The summed E-state index contributed by atoms with van der Waals surface area (Å²) in [4.78, 5) is 30.8. The number of hydrogen-bond acceptors (Lipinski definition) is 7. The van der Waals surface area contributed by atoms with Crippen LogP contribution >= 0.6 is 0 Å². The minimum absolute atomic E-state index is 0. The van der Waals surface area contributed by atoms with Gasteiger partial charge in [0, 0.05) is 24.3 Å². The predicted octanol–water partition coefficient (Wildman–Crippen LogP) is -1.11. The molecule has 1 atom stereocenters. The number of carbonyl (C=O) groups is 3. The maximum Gasteiger partial charge on any atom is 2.00 e. The number of hydrogen-bond donors (Lipinski definition) is 1. The average Bonchev–Trinajstić information content (AvgIpc) is 2.60. The maximum atomic E-state index is 10.4. The molecule has 0 rings (SSSR count). The summed E-state index contributed by atoms with van der Waals surface area (Å²) in [7, 11) is 5.66. The molecule has 0 fully saturated rings. The van der Waals surface area contributed by atoms with Crippen molar-refractivity contribution in [3.63, 3.8) is 0 Å².